The average molecular weight is 312 g/mol. The molecule has 1 saturated heterocycles. The van der Waals surface area contributed by atoms with Crippen LogP contribution in [0.1, 0.15) is 19.3 Å². The summed E-state index contributed by atoms with van der Waals surface area (Å²) in [6, 6.07) is 0. The fraction of sp³-hybridized carbons (Fsp3) is 1.00. The van der Waals surface area contributed by atoms with Crippen molar-refractivity contribution in [3.05, 3.63) is 0 Å². The van der Waals surface area contributed by atoms with Crippen LogP contribution < -0.4 is 5.32 Å². The SMILES string of the molecule is CN(CCS(C)(=O)=O)S(=O)(=O)CCC1CCNCC1. The largest absolute Gasteiger partial charge is 0.317 e. The molecule has 1 rings (SSSR count). The van der Waals surface area contributed by atoms with E-state index in [0.717, 1.165) is 36.5 Å². The topological polar surface area (TPSA) is 83.6 Å². The fourth-order valence-electron chi connectivity index (χ4n) is 2.08. The van der Waals surface area contributed by atoms with Gasteiger partial charge in [-0.25, -0.2) is 21.1 Å². The summed E-state index contributed by atoms with van der Waals surface area (Å²) in [5.41, 5.74) is 0. The van der Waals surface area contributed by atoms with E-state index in [-0.39, 0.29) is 18.1 Å². The second-order valence-electron chi connectivity index (χ2n) is 5.25. The van der Waals surface area contributed by atoms with E-state index >= 15 is 0 Å². The van der Waals surface area contributed by atoms with Gasteiger partial charge in [-0.2, -0.15) is 0 Å². The molecule has 1 heterocycles. The molecule has 8 heteroatoms. The Morgan fingerprint density at radius 3 is 2.21 bits per heavy atom. The Labute approximate surface area is 116 Å². The average Bonchev–Trinajstić information content (AvgIpc) is 2.34. The molecule has 0 aromatic rings. The lowest BCUT2D eigenvalue weighted by atomic mass is 9.96. The molecule has 1 fully saturated rings. The minimum Gasteiger partial charge on any atom is -0.317 e. The van der Waals surface area contributed by atoms with Crippen molar-refractivity contribution in [3.63, 3.8) is 0 Å². The van der Waals surface area contributed by atoms with Crippen molar-refractivity contribution in [2.24, 2.45) is 5.92 Å². The maximum absolute atomic E-state index is 12.0. The van der Waals surface area contributed by atoms with Gasteiger partial charge in [-0.3, -0.25) is 0 Å². The van der Waals surface area contributed by atoms with Gasteiger partial charge in [0, 0.05) is 19.8 Å². The number of hydrogen-bond acceptors (Lipinski definition) is 5. The first-order valence-electron chi connectivity index (χ1n) is 6.53. The molecule has 1 N–H and O–H groups in total. The van der Waals surface area contributed by atoms with Gasteiger partial charge in [0.2, 0.25) is 10.0 Å². The molecule has 0 unspecified atom stereocenters. The summed E-state index contributed by atoms with van der Waals surface area (Å²) in [5.74, 6) is 0.438. The third-order valence-electron chi connectivity index (χ3n) is 3.49. The molecule has 1 aliphatic heterocycles. The Morgan fingerprint density at radius 1 is 1.11 bits per heavy atom. The zero-order valence-corrected chi connectivity index (χ0v) is 13.3. The smallest absolute Gasteiger partial charge is 0.213 e. The standard InChI is InChI=1S/C11H24N2O4S2/c1-13(8-10-18(2,14)15)19(16,17)9-5-11-3-6-12-7-4-11/h11-12H,3-10H2,1-2H3. The van der Waals surface area contributed by atoms with Crippen LogP contribution in [-0.2, 0) is 19.9 Å². The molecule has 114 valence electrons. The lowest BCUT2D eigenvalue weighted by Crippen LogP contribution is -2.35. The first kappa shape index (κ1) is 16.9. The van der Waals surface area contributed by atoms with Crippen LogP contribution >= 0.6 is 0 Å². The summed E-state index contributed by atoms with van der Waals surface area (Å²) in [7, 11) is -5.02. The van der Waals surface area contributed by atoms with Gasteiger partial charge >= 0.3 is 0 Å². The predicted octanol–water partition coefficient (Wildman–Crippen LogP) is -0.318. The van der Waals surface area contributed by atoms with Gasteiger partial charge in [-0.1, -0.05) is 0 Å². The van der Waals surface area contributed by atoms with Gasteiger partial charge in [-0.05, 0) is 38.3 Å². The maximum atomic E-state index is 12.0. The van der Waals surface area contributed by atoms with Crippen molar-refractivity contribution >= 4 is 19.9 Å². The number of nitrogens with one attached hydrogen (secondary N) is 1. The first-order chi connectivity index (χ1) is 8.71. The van der Waals surface area contributed by atoms with E-state index in [1.807, 2.05) is 0 Å². The van der Waals surface area contributed by atoms with Crippen LogP contribution in [0.3, 0.4) is 0 Å². The lowest BCUT2D eigenvalue weighted by Gasteiger charge is -2.23. The van der Waals surface area contributed by atoms with Gasteiger partial charge < -0.3 is 5.32 Å². The van der Waals surface area contributed by atoms with Gasteiger partial charge in [0.05, 0.1) is 11.5 Å². The van der Waals surface area contributed by atoms with Crippen LogP contribution in [0.25, 0.3) is 0 Å². The third kappa shape index (κ3) is 6.69. The second kappa shape index (κ2) is 7.01. The predicted molar refractivity (Wildman–Crippen MR) is 76.3 cm³/mol. The quantitative estimate of drug-likeness (QED) is 0.697. The Morgan fingerprint density at radius 2 is 1.68 bits per heavy atom. The lowest BCUT2D eigenvalue weighted by molar-refractivity contribution is 0.362. The molecular formula is C11H24N2O4S2. The zero-order chi connectivity index (χ0) is 14.5. The Balaban J connectivity index is 2.41. The van der Waals surface area contributed by atoms with Gasteiger partial charge in [0.25, 0.3) is 0 Å². The van der Waals surface area contributed by atoms with Gasteiger partial charge in [0.1, 0.15) is 9.84 Å². The molecular weight excluding hydrogens is 288 g/mol. The van der Waals surface area contributed by atoms with E-state index in [1.165, 1.54) is 7.05 Å². The highest BCUT2D eigenvalue weighted by molar-refractivity contribution is 7.91. The molecule has 0 saturated carbocycles. The fourth-order valence-corrected chi connectivity index (χ4v) is 4.11. The number of sulfone groups is 1. The molecule has 0 aromatic carbocycles. The van der Waals surface area contributed by atoms with E-state index in [2.05, 4.69) is 5.32 Å². The molecule has 0 radical (unpaired) electrons. The summed E-state index contributed by atoms with van der Waals surface area (Å²) in [5, 5.41) is 3.24. The number of hydrogen-bond donors (Lipinski definition) is 1. The minimum absolute atomic E-state index is 0.0351. The van der Waals surface area contributed by atoms with E-state index in [1.54, 1.807) is 0 Å². The summed E-state index contributed by atoms with van der Waals surface area (Å²) in [6.07, 6.45) is 3.81. The van der Waals surface area contributed by atoms with Gasteiger partial charge in [-0.15, -0.1) is 0 Å². The second-order valence-corrected chi connectivity index (χ2v) is 9.70. The van der Waals surface area contributed by atoms with Crippen molar-refractivity contribution in [1.29, 1.82) is 0 Å². The van der Waals surface area contributed by atoms with Crippen LogP contribution in [0.2, 0.25) is 0 Å². The zero-order valence-electron chi connectivity index (χ0n) is 11.6. The third-order valence-corrected chi connectivity index (χ3v) is 6.30. The van der Waals surface area contributed by atoms with Crippen LogP contribution in [0.5, 0.6) is 0 Å². The molecule has 0 aliphatic carbocycles. The molecule has 19 heavy (non-hydrogen) atoms. The monoisotopic (exact) mass is 312 g/mol. The molecule has 6 nitrogen and oxygen atoms in total. The van der Waals surface area contributed by atoms with E-state index in [4.69, 9.17) is 0 Å². The van der Waals surface area contributed by atoms with Gasteiger partial charge in [0.15, 0.2) is 0 Å². The summed E-state index contributed by atoms with van der Waals surface area (Å²) >= 11 is 0. The van der Waals surface area contributed by atoms with E-state index in [9.17, 15) is 16.8 Å². The Hall–Kier alpha value is -0.180. The van der Waals surface area contributed by atoms with E-state index in [0.29, 0.717) is 12.3 Å². The molecule has 0 amide bonds. The number of sulfonamides is 1. The van der Waals surface area contributed by atoms with Crippen molar-refractivity contribution in [2.75, 3.05) is 44.4 Å². The highest BCUT2D eigenvalue weighted by atomic mass is 32.2. The normalized spacial score (nSPS) is 18.9. The van der Waals surface area contributed by atoms with Crippen molar-refractivity contribution in [2.45, 2.75) is 19.3 Å². The summed E-state index contributed by atoms with van der Waals surface area (Å²) in [6.45, 7) is 1.94. The van der Waals surface area contributed by atoms with Crippen LogP contribution in [0, 0.1) is 5.92 Å². The van der Waals surface area contributed by atoms with Crippen molar-refractivity contribution < 1.29 is 16.8 Å². The summed E-state index contributed by atoms with van der Waals surface area (Å²) in [4.78, 5) is 0. The van der Waals surface area contributed by atoms with Crippen LogP contribution in [-0.4, -0.2) is 65.6 Å². The highest BCUT2D eigenvalue weighted by Gasteiger charge is 2.22. The highest BCUT2D eigenvalue weighted by Crippen LogP contribution is 2.17. The molecule has 0 atom stereocenters. The first-order valence-corrected chi connectivity index (χ1v) is 10.2. The maximum Gasteiger partial charge on any atom is 0.213 e. The molecule has 0 bridgehead atoms. The van der Waals surface area contributed by atoms with E-state index < -0.39 is 19.9 Å². The molecule has 0 spiro atoms. The summed E-state index contributed by atoms with van der Waals surface area (Å²) < 4.78 is 47.3. The number of rotatable bonds is 7. The van der Waals surface area contributed by atoms with Crippen LogP contribution in [0.4, 0.5) is 0 Å². The number of piperidine rings is 1. The van der Waals surface area contributed by atoms with Crippen molar-refractivity contribution in [1.82, 2.24) is 9.62 Å². The van der Waals surface area contributed by atoms with Crippen LogP contribution in [0.15, 0.2) is 0 Å². The Kier molecular flexibility index (Phi) is 6.22. The number of nitrogens with zero attached hydrogens (tertiary/aromatic N) is 1. The molecule has 1 aliphatic rings. The minimum atomic E-state index is -3.33. The molecule has 0 aromatic heterocycles. The van der Waals surface area contributed by atoms with Crippen molar-refractivity contribution in [3.8, 4) is 0 Å². The Bertz CT molecular complexity index is 467.